The number of rotatable bonds is 7. The monoisotopic (exact) mass is 389 g/mol. The number of ether oxygens (including phenoxy) is 2. The van der Waals surface area contributed by atoms with Crippen LogP contribution in [0, 0.1) is 0 Å². The Morgan fingerprint density at radius 1 is 0.793 bits per heavy atom. The molecule has 2 unspecified atom stereocenters. The van der Waals surface area contributed by atoms with Crippen LogP contribution in [0.25, 0.3) is 0 Å². The van der Waals surface area contributed by atoms with Gasteiger partial charge in [-0.2, -0.15) is 0 Å². The second kappa shape index (κ2) is 9.12. The Hall–Kier alpha value is -2.82. The highest BCUT2D eigenvalue weighted by molar-refractivity contribution is 5.44. The summed E-state index contributed by atoms with van der Waals surface area (Å²) in [6.07, 6.45) is -0.641. The van der Waals surface area contributed by atoms with Gasteiger partial charge in [0.1, 0.15) is 13.2 Å². The predicted octanol–water partition coefficient (Wildman–Crippen LogP) is 4.58. The molecule has 0 saturated heterocycles. The third-order valence-electron chi connectivity index (χ3n) is 5.40. The van der Waals surface area contributed by atoms with E-state index in [4.69, 9.17) is 9.47 Å². The topological polar surface area (TPSA) is 41.9 Å². The smallest absolute Gasteiger partial charge is 0.161 e. The van der Waals surface area contributed by atoms with Gasteiger partial charge in [-0.25, -0.2) is 0 Å². The Morgan fingerprint density at radius 2 is 1.34 bits per heavy atom. The highest BCUT2D eigenvalue weighted by Crippen LogP contribution is 2.34. The van der Waals surface area contributed by atoms with Crippen LogP contribution in [0.1, 0.15) is 29.7 Å². The van der Waals surface area contributed by atoms with Gasteiger partial charge in [-0.05, 0) is 35.7 Å². The van der Waals surface area contributed by atoms with Crippen LogP contribution >= 0.6 is 0 Å². The van der Waals surface area contributed by atoms with E-state index in [1.165, 1.54) is 11.1 Å². The van der Waals surface area contributed by atoms with Crippen LogP contribution in [0.3, 0.4) is 0 Å². The Kier molecular flexibility index (Phi) is 6.13. The Labute approximate surface area is 172 Å². The van der Waals surface area contributed by atoms with Gasteiger partial charge >= 0.3 is 0 Å². The summed E-state index contributed by atoms with van der Waals surface area (Å²) >= 11 is 0. The van der Waals surface area contributed by atoms with Crippen molar-refractivity contribution in [2.75, 3.05) is 13.2 Å². The summed E-state index contributed by atoms with van der Waals surface area (Å²) in [6, 6.07) is 26.4. The van der Waals surface area contributed by atoms with E-state index in [9.17, 15) is 5.11 Å². The molecule has 29 heavy (non-hydrogen) atoms. The molecule has 1 aliphatic rings. The molecule has 0 aromatic heterocycles. The molecule has 0 radical (unpaired) electrons. The molecule has 0 fully saturated rings. The fourth-order valence-corrected chi connectivity index (χ4v) is 3.70. The van der Waals surface area contributed by atoms with E-state index in [0.29, 0.717) is 19.0 Å². The molecule has 0 bridgehead atoms. The minimum absolute atomic E-state index is 0.0852. The van der Waals surface area contributed by atoms with Crippen LogP contribution in [-0.2, 0) is 13.1 Å². The zero-order chi connectivity index (χ0) is 20.1. The minimum Gasteiger partial charge on any atom is -0.486 e. The first-order valence-electron chi connectivity index (χ1n) is 10.1. The fourth-order valence-electron chi connectivity index (χ4n) is 3.70. The van der Waals surface area contributed by atoms with Crippen molar-refractivity contribution < 1.29 is 14.6 Å². The minimum atomic E-state index is -0.641. The number of benzene rings is 3. The van der Waals surface area contributed by atoms with Crippen molar-refractivity contribution in [2.45, 2.75) is 32.2 Å². The SMILES string of the molecule is CC(C(O)c1ccc2c(c1)OCCO2)N(Cc1ccccc1)Cc1ccccc1. The Morgan fingerprint density at radius 3 is 1.93 bits per heavy atom. The van der Waals surface area contributed by atoms with Crippen molar-refractivity contribution in [1.82, 2.24) is 4.90 Å². The third-order valence-corrected chi connectivity index (χ3v) is 5.40. The molecule has 0 amide bonds. The summed E-state index contributed by atoms with van der Waals surface area (Å²) in [7, 11) is 0. The normalized spacial score (nSPS) is 15.1. The number of nitrogens with zero attached hydrogens (tertiary/aromatic N) is 1. The van der Waals surface area contributed by atoms with E-state index in [-0.39, 0.29) is 6.04 Å². The molecule has 4 heteroatoms. The van der Waals surface area contributed by atoms with Crippen LogP contribution in [0.5, 0.6) is 11.5 Å². The number of aliphatic hydroxyl groups excluding tert-OH is 1. The second-order valence-electron chi connectivity index (χ2n) is 7.46. The number of hydrogen-bond acceptors (Lipinski definition) is 4. The number of hydrogen-bond donors (Lipinski definition) is 1. The lowest BCUT2D eigenvalue weighted by atomic mass is 10.00. The zero-order valence-electron chi connectivity index (χ0n) is 16.7. The highest BCUT2D eigenvalue weighted by Gasteiger charge is 2.25. The van der Waals surface area contributed by atoms with Crippen LogP contribution in [0.15, 0.2) is 78.9 Å². The summed E-state index contributed by atoms with van der Waals surface area (Å²) in [5, 5.41) is 11.2. The Bertz CT molecular complexity index is 872. The van der Waals surface area contributed by atoms with Gasteiger partial charge in [0.05, 0.1) is 6.10 Å². The van der Waals surface area contributed by atoms with Crippen molar-refractivity contribution in [3.8, 4) is 11.5 Å². The molecule has 3 aromatic carbocycles. The van der Waals surface area contributed by atoms with E-state index < -0.39 is 6.10 Å². The van der Waals surface area contributed by atoms with E-state index in [2.05, 4.69) is 60.4 Å². The largest absolute Gasteiger partial charge is 0.486 e. The van der Waals surface area contributed by atoms with E-state index in [1.807, 2.05) is 30.3 Å². The predicted molar refractivity (Wildman–Crippen MR) is 114 cm³/mol. The zero-order valence-corrected chi connectivity index (χ0v) is 16.7. The maximum Gasteiger partial charge on any atom is 0.161 e. The maximum atomic E-state index is 11.2. The number of aliphatic hydroxyl groups is 1. The second-order valence-corrected chi connectivity index (χ2v) is 7.46. The lowest BCUT2D eigenvalue weighted by molar-refractivity contribution is 0.0480. The first-order valence-corrected chi connectivity index (χ1v) is 10.1. The summed E-state index contributed by atoms with van der Waals surface area (Å²) in [4.78, 5) is 2.31. The first-order chi connectivity index (χ1) is 14.2. The fraction of sp³-hybridized carbons (Fsp3) is 0.280. The summed E-state index contributed by atoms with van der Waals surface area (Å²) < 4.78 is 11.3. The van der Waals surface area contributed by atoms with Crippen LogP contribution in [0.2, 0.25) is 0 Å². The molecule has 2 atom stereocenters. The summed E-state index contributed by atoms with van der Waals surface area (Å²) in [5.74, 6) is 1.45. The van der Waals surface area contributed by atoms with Gasteiger partial charge < -0.3 is 14.6 Å². The lowest BCUT2D eigenvalue weighted by Crippen LogP contribution is -2.36. The highest BCUT2D eigenvalue weighted by atomic mass is 16.6. The first kappa shape index (κ1) is 19.5. The lowest BCUT2D eigenvalue weighted by Gasteiger charge is -2.33. The molecule has 0 saturated carbocycles. The van der Waals surface area contributed by atoms with Crippen molar-refractivity contribution in [3.63, 3.8) is 0 Å². The molecular weight excluding hydrogens is 362 g/mol. The van der Waals surface area contributed by atoms with Crippen molar-refractivity contribution >= 4 is 0 Å². The molecular formula is C25H27NO3. The molecule has 0 spiro atoms. The number of fused-ring (bicyclic) bond motifs is 1. The standard InChI is InChI=1S/C25H27NO3/c1-19(25(27)22-12-13-23-24(16-22)29-15-14-28-23)26(17-20-8-4-2-5-9-20)18-21-10-6-3-7-11-21/h2-13,16,19,25,27H,14-15,17-18H2,1H3. The van der Waals surface area contributed by atoms with E-state index in [1.54, 1.807) is 0 Å². The molecule has 1 heterocycles. The Balaban J connectivity index is 1.56. The molecule has 4 rings (SSSR count). The molecule has 1 N–H and O–H groups in total. The van der Waals surface area contributed by atoms with E-state index >= 15 is 0 Å². The van der Waals surface area contributed by atoms with Crippen molar-refractivity contribution in [3.05, 3.63) is 95.6 Å². The quantitative estimate of drug-likeness (QED) is 0.642. The van der Waals surface area contributed by atoms with Gasteiger partial charge in [-0.3, -0.25) is 4.90 Å². The average molecular weight is 389 g/mol. The average Bonchev–Trinajstić information content (AvgIpc) is 2.79. The molecule has 150 valence electrons. The van der Waals surface area contributed by atoms with Gasteiger partial charge in [-0.1, -0.05) is 66.7 Å². The van der Waals surface area contributed by atoms with E-state index in [0.717, 1.165) is 24.4 Å². The molecule has 0 aliphatic carbocycles. The van der Waals surface area contributed by atoms with Gasteiger partial charge in [0.15, 0.2) is 11.5 Å². The van der Waals surface area contributed by atoms with Crippen molar-refractivity contribution in [2.24, 2.45) is 0 Å². The van der Waals surface area contributed by atoms with Gasteiger partial charge in [0, 0.05) is 19.1 Å². The van der Waals surface area contributed by atoms with Crippen LogP contribution in [-0.4, -0.2) is 29.3 Å². The van der Waals surface area contributed by atoms with Gasteiger partial charge in [-0.15, -0.1) is 0 Å². The van der Waals surface area contributed by atoms with Crippen LogP contribution in [0.4, 0.5) is 0 Å². The summed E-state index contributed by atoms with van der Waals surface area (Å²) in [5.41, 5.74) is 3.29. The van der Waals surface area contributed by atoms with Gasteiger partial charge in [0.25, 0.3) is 0 Å². The molecule has 1 aliphatic heterocycles. The molecule has 3 aromatic rings. The van der Waals surface area contributed by atoms with Crippen LogP contribution < -0.4 is 9.47 Å². The summed E-state index contributed by atoms with van der Waals surface area (Å²) in [6.45, 7) is 4.70. The molecule has 4 nitrogen and oxygen atoms in total. The van der Waals surface area contributed by atoms with Crippen molar-refractivity contribution in [1.29, 1.82) is 0 Å². The maximum absolute atomic E-state index is 11.2. The third kappa shape index (κ3) is 4.78. The van der Waals surface area contributed by atoms with Gasteiger partial charge in [0.2, 0.25) is 0 Å².